The van der Waals surface area contributed by atoms with Crippen LogP contribution in [-0.4, -0.2) is 19.9 Å². The van der Waals surface area contributed by atoms with Crippen LogP contribution in [-0.2, 0) is 0 Å². The molecule has 4 heteroatoms. The number of rotatable bonds is 5. The van der Waals surface area contributed by atoms with Crippen molar-refractivity contribution in [3.8, 4) is 5.75 Å². The van der Waals surface area contributed by atoms with Crippen molar-refractivity contribution in [3.63, 3.8) is 0 Å². The molecular formula is C16H17ClN2O. The van der Waals surface area contributed by atoms with E-state index >= 15 is 0 Å². The van der Waals surface area contributed by atoms with E-state index in [9.17, 15) is 0 Å². The molecular weight excluding hydrogens is 272 g/mol. The van der Waals surface area contributed by atoms with Crippen LogP contribution in [0.3, 0.4) is 0 Å². The van der Waals surface area contributed by atoms with E-state index in [1.165, 1.54) is 5.56 Å². The highest BCUT2D eigenvalue weighted by atomic mass is 35.5. The quantitative estimate of drug-likeness (QED) is 0.610. The lowest BCUT2D eigenvalue weighted by Crippen LogP contribution is -2.10. The molecule has 0 fully saturated rings. The highest BCUT2D eigenvalue weighted by molar-refractivity contribution is 6.30. The molecule has 0 heterocycles. The summed E-state index contributed by atoms with van der Waals surface area (Å²) in [6, 6.07) is 15.5. The summed E-state index contributed by atoms with van der Waals surface area (Å²) in [5.74, 6) is 0.844. The molecule has 0 N–H and O–H groups in total. The number of anilines is 1. The first kappa shape index (κ1) is 14.4. The molecule has 0 amide bonds. The normalized spacial score (nSPS) is 10.8. The first-order valence-corrected chi connectivity index (χ1v) is 6.74. The number of aryl methyl sites for hydroxylation is 1. The van der Waals surface area contributed by atoms with Crippen LogP contribution in [0.15, 0.2) is 53.6 Å². The molecule has 0 aliphatic heterocycles. The molecule has 0 saturated carbocycles. The van der Waals surface area contributed by atoms with E-state index in [2.05, 4.69) is 5.10 Å². The molecule has 0 aromatic heterocycles. The first-order chi connectivity index (χ1) is 9.65. The smallest absolute Gasteiger partial charge is 0.125 e. The third-order valence-electron chi connectivity index (χ3n) is 2.80. The molecule has 104 valence electrons. The van der Waals surface area contributed by atoms with E-state index in [0.717, 1.165) is 11.4 Å². The van der Waals surface area contributed by atoms with Crippen LogP contribution >= 0.6 is 11.6 Å². The SMILES string of the molecule is Cc1ccc(OCC=NN(C)c2ccc(Cl)cc2)cc1. The second kappa shape index (κ2) is 6.96. The third kappa shape index (κ3) is 4.28. The van der Waals surface area contributed by atoms with Gasteiger partial charge in [0.15, 0.2) is 0 Å². The Bertz CT molecular complexity index is 564. The van der Waals surface area contributed by atoms with Gasteiger partial charge >= 0.3 is 0 Å². The van der Waals surface area contributed by atoms with E-state index in [4.69, 9.17) is 16.3 Å². The maximum Gasteiger partial charge on any atom is 0.125 e. The standard InChI is InChI=1S/C16H17ClN2O/c1-13-3-9-16(10-4-13)20-12-11-18-19(2)15-7-5-14(17)6-8-15/h3-11H,12H2,1-2H3. The molecule has 0 unspecified atom stereocenters. The molecule has 0 spiro atoms. The van der Waals surface area contributed by atoms with Crippen LogP contribution in [0.5, 0.6) is 5.75 Å². The minimum atomic E-state index is 0.432. The Kier molecular flexibility index (Phi) is 5.02. The van der Waals surface area contributed by atoms with Crippen molar-refractivity contribution in [2.24, 2.45) is 5.10 Å². The fourth-order valence-corrected chi connectivity index (χ4v) is 1.77. The summed E-state index contributed by atoms with van der Waals surface area (Å²) in [5.41, 5.74) is 2.19. The minimum Gasteiger partial charge on any atom is -0.488 e. The Hall–Kier alpha value is -2.00. The largest absolute Gasteiger partial charge is 0.488 e. The lowest BCUT2D eigenvalue weighted by Gasteiger charge is -2.12. The first-order valence-electron chi connectivity index (χ1n) is 6.36. The summed E-state index contributed by atoms with van der Waals surface area (Å²) in [6.45, 7) is 2.48. The zero-order valence-electron chi connectivity index (χ0n) is 11.6. The van der Waals surface area contributed by atoms with Gasteiger partial charge < -0.3 is 4.74 Å². The summed E-state index contributed by atoms with van der Waals surface area (Å²) < 4.78 is 5.57. The van der Waals surface area contributed by atoms with Gasteiger partial charge in [-0.3, -0.25) is 5.01 Å². The average Bonchev–Trinajstić information content (AvgIpc) is 2.46. The maximum atomic E-state index is 5.85. The van der Waals surface area contributed by atoms with Crippen molar-refractivity contribution in [2.45, 2.75) is 6.92 Å². The Balaban J connectivity index is 1.83. The Morgan fingerprint density at radius 1 is 1.10 bits per heavy atom. The molecule has 2 aromatic rings. The number of nitrogens with zero attached hydrogens (tertiary/aromatic N) is 2. The Labute approximate surface area is 124 Å². The second-order valence-corrected chi connectivity index (χ2v) is 4.86. The molecule has 2 rings (SSSR count). The van der Waals surface area contributed by atoms with Gasteiger partial charge in [0.1, 0.15) is 12.4 Å². The lowest BCUT2D eigenvalue weighted by molar-refractivity contribution is 0.380. The van der Waals surface area contributed by atoms with Crippen LogP contribution in [0.2, 0.25) is 5.02 Å². The van der Waals surface area contributed by atoms with Crippen LogP contribution in [0, 0.1) is 6.92 Å². The summed E-state index contributed by atoms with van der Waals surface area (Å²) in [5, 5.41) is 6.79. The predicted molar refractivity (Wildman–Crippen MR) is 85.0 cm³/mol. The number of benzene rings is 2. The molecule has 0 aliphatic carbocycles. The summed E-state index contributed by atoms with van der Waals surface area (Å²) in [4.78, 5) is 0. The van der Waals surface area contributed by atoms with E-state index in [0.29, 0.717) is 11.6 Å². The molecule has 0 bridgehead atoms. The van der Waals surface area contributed by atoms with Crippen LogP contribution < -0.4 is 9.75 Å². The van der Waals surface area contributed by atoms with Gasteiger partial charge in [-0.1, -0.05) is 29.3 Å². The molecule has 2 aromatic carbocycles. The predicted octanol–water partition coefficient (Wildman–Crippen LogP) is 4.15. The highest BCUT2D eigenvalue weighted by Gasteiger charge is 1.97. The Morgan fingerprint density at radius 2 is 1.75 bits per heavy atom. The fraction of sp³-hybridized carbons (Fsp3) is 0.188. The topological polar surface area (TPSA) is 24.8 Å². The molecule has 0 saturated heterocycles. The van der Waals surface area contributed by atoms with Gasteiger partial charge in [-0.05, 0) is 43.3 Å². The van der Waals surface area contributed by atoms with Crippen molar-refractivity contribution in [1.29, 1.82) is 0 Å². The molecule has 0 atom stereocenters. The number of ether oxygens (including phenoxy) is 1. The van der Waals surface area contributed by atoms with Gasteiger partial charge in [-0.2, -0.15) is 5.10 Å². The number of hydrogen-bond donors (Lipinski definition) is 0. The monoisotopic (exact) mass is 288 g/mol. The number of hydrogen-bond acceptors (Lipinski definition) is 3. The molecule has 3 nitrogen and oxygen atoms in total. The van der Waals surface area contributed by atoms with Crippen molar-refractivity contribution in [3.05, 3.63) is 59.1 Å². The highest BCUT2D eigenvalue weighted by Crippen LogP contribution is 2.16. The van der Waals surface area contributed by atoms with E-state index < -0.39 is 0 Å². The second-order valence-electron chi connectivity index (χ2n) is 4.42. The van der Waals surface area contributed by atoms with Crippen LogP contribution in [0.25, 0.3) is 0 Å². The van der Waals surface area contributed by atoms with Crippen LogP contribution in [0.1, 0.15) is 5.56 Å². The van der Waals surface area contributed by atoms with Gasteiger partial charge in [-0.25, -0.2) is 0 Å². The van der Waals surface area contributed by atoms with Crippen LogP contribution in [0.4, 0.5) is 5.69 Å². The maximum absolute atomic E-state index is 5.85. The third-order valence-corrected chi connectivity index (χ3v) is 3.05. The van der Waals surface area contributed by atoms with Gasteiger partial charge in [0.05, 0.1) is 11.9 Å². The summed E-state index contributed by atoms with van der Waals surface area (Å²) in [7, 11) is 1.88. The summed E-state index contributed by atoms with van der Waals surface area (Å²) >= 11 is 5.85. The van der Waals surface area contributed by atoms with Crippen molar-refractivity contribution in [1.82, 2.24) is 0 Å². The van der Waals surface area contributed by atoms with Gasteiger partial charge in [0.25, 0.3) is 0 Å². The Morgan fingerprint density at radius 3 is 2.40 bits per heavy atom. The van der Waals surface area contributed by atoms with Crippen molar-refractivity contribution >= 4 is 23.5 Å². The molecule has 0 radical (unpaired) electrons. The van der Waals surface area contributed by atoms with Crippen molar-refractivity contribution in [2.75, 3.05) is 18.7 Å². The van der Waals surface area contributed by atoms with E-state index in [1.54, 1.807) is 11.2 Å². The number of hydrazone groups is 1. The molecule has 20 heavy (non-hydrogen) atoms. The van der Waals surface area contributed by atoms with Gasteiger partial charge in [-0.15, -0.1) is 0 Å². The average molecular weight is 289 g/mol. The van der Waals surface area contributed by atoms with Gasteiger partial charge in [0, 0.05) is 12.1 Å². The van der Waals surface area contributed by atoms with E-state index in [1.807, 2.05) is 62.5 Å². The zero-order chi connectivity index (χ0) is 14.4. The summed E-state index contributed by atoms with van der Waals surface area (Å²) in [6.07, 6.45) is 1.73. The fourth-order valence-electron chi connectivity index (χ4n) is 1.65. The van der Waals surface area contributed by atoms with Crippen molar-refractivity contribution < 1.29 is 4.74 Å². The number of halogens is 1. The minimum absolute atomic E-state index is 0.432. The lowest BCUT2D eigenvalue weighted by atomic mass is 10.2. The molecule has 0 aliphatic rings. The van der Waals surface area contributed by atoms with Gasteiger partial charge in [0.2, 0.25) is 0 Å². The van der Waals surface area contributed by atoms with E-state index in [-0.39, 0.29) is 0 Å². The zero-order valence-corrected chi connectivity index (χ0v) is 12.3.